The fraction of sp³-hybridized carbons (Fsp3) is 0.533. The molecule has 1 aromatic carbocycles. The van der Waals surface area contributed by atoms with Gasteiger partial charge in [-0.3, -0.25) is 4.79 Å². The van der Waals surface area contributed by atoms with Gasteiger partial charge in [0.25, 0.3) is 0 Å². The van der Waals surface area contributed by atoms with Gasteiger partial charge in [0.15, 0.2) is 0 Å². The first-order valence-corrected chi connectivity index (χ1v) is 7.02. The number of hydrogen-bond acceptors (Lipinski definition) is 3. The van der Waals surface area contributed by atoms with Crippen LogP contribution in [0.2, 0.25) is 0 Å². The fourth-order valence-electron chi connectivity index (χ4n) is 2.77. The summed E-state index contributed by atoms with van der Waals surface area (Å²) in [6.07, 6.45) is 0.866. The number of nitrogens with one attached hydrogen (secondary N) is 1. The zero-order valence-electron chi connectivity index (χ0n) is 11.7. The van der Waals surface area contributed by atoms with Crippen molar-refractivity contribution in [1.82, 2.24) is 10.2 Å². The zero-order valence-corrected chi connectivity index (χ0v) is 11.7. The number of amides is 1. The summed E-state index contributed by atoms with van der Waals surface area (Å²) in [5, 5.41) is 3.35. The monoisotopic (exact) mass is 261 g/mol. The van der Waals surface area contributed by atoms with Gasteiger partial charge in [-0.25, -0.2) is 0 Å². The summed E-state index contributed by atoms with van der Waals surface area (Å²) in [6, 6.07) is 8.50. The first-order valence-electron chi connectivity index (χ1n) is 7.02. The molecule has 0 heterocycles. The van der Waals surface area contributed by atoms with E-state index >= 15 is 0 Å². The molecule has 4 nitrogen and oxygen atoms in total. The van der Waals surface area contributed by atoms with Crippen molar-refractivity contribution in [1.29, 1.82) is 0 Å². The summed E-state index contributed by atoms with van der Waals surface area (Å²) in [5.74, 6) is 0.156. The minimum atomic E-state index is 0.0808. The minimum absolute atomic E-state index is 0.0808. The topological polar surface area (TPSA) is 58.4 Å². The predicted octanol–water partition coefficient (Wildman–Crippen LogP) is 1.59. The lowest BCUT2D eigenvalue weighted by Crippen LogP contribution is -2.38. The van der Waals surface area contributed by atoms with Gasteiger partial charge in [0.05, 0.1) is 6.54 Å². The molecule has 4 heteroatoms. The Morgan fingerprint density at radius 3 is 2.58 bits per heavy atom. The van der Waals surface area contributed by atoms with Crippen molar-refractivity contribution in [3.05, 3.63) is 35.4 Å². The van der Waals surface area contributed by atoms with E-state index in [2.05, 4.69) is 17.4 Å². The molecule has 0 aromatic heterocycles. The molecule has 0 saturated heterocycles. The molecule has 1 aromatic rings. The molecule has 19 heavy (non-hydrogen) atoms. The van der Waals surface area contributed by atoms with Crippen molar-refractivity contribution in [2.75, 3.05) is 19.6 Å². The molecule has 0 bridgehead atoms. The molecule has 3 N–H and O–H groups in total. The average Bonchev–Trinajstić information content (AvgIpc) is 2.75. The number of carbonyl (C=O) groups excluding carboxylic acids is 1. The minimum Gasteiger partial charge on any atom is -0.342 e. The lowest BCUT2D eigenvalue weighted by atomic mass is 10.1. The fourth-order valence-corrected chi connectivity index (χ4v) is 2.77. The van der Waals surface area contributed by atoms with Crippen LogP contribution in [0.4, 0.5) is 0 Å². The van der Waals surface area contributed by atoms with Crippen LogP contribution in [0.15, 0.2) is 24.3 Å². The molecule has 0 spiro atoms. The molecule has 0 aliphatic heterocycles. The van der Waals surface area contributed by atoms with Gasteiger partial charge in [0, 0.05) is 25.2 Å². The highest BCUT2D eigenvalue weighted by atomic mass is 16.2. The van der Waals surface area contributed by atoms with Gasteiger partial charge >= 0.3 is 0 Å². The van der Waals surface area contributed by atoms with Crippen LogP contribution in [0.3, 0.4) is 0 Å². The van der Waals surface area contributed by atoms with Gasteiger partial charge < -0.3 is 16.0 Å². The van der Waals surface area contributed by atoms with Gasteiger partial charge in [0.2, 0.25) is 5.91 Å². The van der Waals surface area contributed by atoms with Crippen molar-refractivity contribution in [3.63, 3.8) is 0 Å². The smallest absolute Gasteiger partial charge is 0.236 e. The molecule has 1 aliphatic carbocycles. The first-order chi connectivity index (χ1) is 9.17. The van der Waals surface area contributed by atoms with E-state index in [0.29, 0.717) is 6.54 Å². The van der Waals surface area contributed by atoms with Crippen LogP contribution in [-0.2, 0) is 4.79 Å². The van der Waals surface area contributed by atoms with E-state index < -0.39 is 0 Å². The summed E-state index contributed by atoms with van der Waals surface area (Å²) >= 11 is 0. The van der Waals surface area contributed by atoms with Crippen LogP contribution in [0, 0.1) is 0 Å². The lowest BCUT2D eigenvalue weighted by molar-refractivity contribution is -0.130. The summed E-state index contributed by atoms with van der Waals surface area (Å²) in [4.78, 5) is 13.8. The van der Waals surface area contributed by atoms with Crippen LogP contribution in [-0.4, -0.2) is 30.4 Å². The third-order valence-corrected chi connectivity index (χ3v) is 3.88. The van der Waals surface area contributed by atoms with Crippen molar-refractivity contribution in [3.8, 4) is 0 Å². The quantitative estimate of drug-likeness (QED) is 0.846. The Kier molecular flexibility index (Phi) is 4.56. The lowest BCUT2D eigenvalue weighted by Gasteiger charge is -2.21. The standard InChI is InChI=1S/C15H23N3O/c1-3-18(4-2)15(19)10-17-14-9-13(16)11-7-5-6-8-12(11)14/h5-8,13-14,17H,3-4,9-10,16H2,1-2H3. The van der Waals surface area contributed by atoms with Crippen molar-refractivity contribution in [2.45, 2.75) is 32.4 Å². The van der Waals surface area contributed by atoms with E-state index in [0.717, 1.165) is 19.5 Å². The number of hydrogen-bond donors (Lipinski definition) is 2. The summed E-state index contributed by atoms with van der Waals surface area (Å²) < 4.78 is 0. The molecule has 104 valence electrons. The number of benzene rings is 1. The van der Waals surface area contributed by atoms with Gasteiger partial charge in [-0.2, -0.15) is 0 Å². The number of carbonyl (C=O) groups is 1. The van der Waals surface area contributed by atoms with Gasteiger partial charge in [0.1, 0.15) is 0 Å². The van der Waals surface area contributed by atoms with E-state index in [1.54, 1.807) is 0 Å². The molecular formula is C15H23N3O. The number of fused-ring (bicyclic) bond motifs is 1. The first kappa shape index (κ1) is 14.0. The summed E-state index contributed by atoms with van der Waals surface area (Å²) in [6.45, 7) is 5.91. The van der Waals surface area contributed by atoms with Crippen molar-refractivity contribution < 1.29 is 4.79 Å². The van der Waals surface area contributed by atoms with Crippen LogP contribution in [0.1, 0.15) is 43.5 Å². The molecule has 2 unspecified atom stereocenters. The Morgan fingerprint density at radius 2 is 1.95 bits per heavy atom. The third kappa shape index (κ3) is 2.96. The van der Waals surface area contributed by atoms with Crippen LogP contribution < -0.4 is 11.1 Å². The zero-order chi connectivity index (χ0) is 13.8. The van der Waals surface area contributed by atoms with E-state index in [1.165, 1.54) is 11.1 Å². The Hall–Kier alpha value is -1.39. The Balaban J connectivity index is 1.97. The normalized spacial score (nSPS) is 21.2. The second-order valence-corrected chi connectivity index (χ2v) is 4.97. The van der Waals surface area contributed by atoms with Gasteiger partial charge in [-0.15, -0.1) is 0 Å². The Morgan fingerprint density at radius 1 is 1.32 bits per heavy atom. The number of nitrogens with two attached hydrogens (primary N) is 1. The number of likely N-dealkylation sites (N-methyl/N-ethyl adjacent to an activating group) is 1. The van der Waals surface area contributed by atoms with Crippen LogP contribution in [0.25, 0.3) is 0 Å². The van der Waals surface area contributed by atoms with Gasteiger partial charge in [-0.1, -0.05) is 24.3 Å². The van der Waals surface area contributed by atoms with Crippen molar-refractivity contribution >= 4 is 5.91 Å². The van der Waals surface area contributed by atoms with Crippen LogP contribution in [0.5, 0.6) is 0 Å². The maximum Gasteiger partial charge on any atom is 0.236 e. The molecule has 0 saturated carbocycles. The SMILES string of the molecule is CCN(CC)C(=O)CNC1CC(N)c2ccccc21. The Labute approximate surface area is 115 Å². The summed E-state index contributed by atoms with van der Waals surface area (Å²) in [7, 11) is 0. The number of nitrogens with zero attached hydrogens (tertiary/aromatic N) is 1. The van der Waals surface area contributed by atoms with E-state index in [-0.39, 0.29) is 18.0 Å². The number of rotatable bonds is 5. The Bertz CT molecular complexity index is 443. The van der Waals surface area contributed by atoms with Gasteiger partial charge in [-0.05, 0) is 31.4 Å². The highest BCUT2D eigenvalue weighted by Gasteiger charge is 2.28. The highest BCUT2D eigenvalue weighted by Crippen LogP contribution is 2.36. The molecule has 0 fully saturated rings. The maximum absolute atomic E-state index is 12.0. The molecule has 1 aliphatic rings. The summed E-state index contributed by atoms with van der Waals surface area (Å²) in [5.41, 5.74) is 8.56. The second kappa shape index (κ2) is 6.17. The average molecular weight is 261 g/mol. The molecule has 0 radical (unpaired) electrons. The van der Waals surface area contributed by atoms with E-state index in [9.17, 15) is 4.79 Å². The third-order valence-electron chi connectivity index (χ3n) is 3.88. The van der Waals surface area contributed by atoms with E-state index in [1.807, 2.05) is 30.9 Å². The largest absolute Gasteiger partial charge is 0.342 e. The molecule has 1 amide bonds. The highest BCUT2D eigenvalue weighted by molar-refractivity contribution is 5.78. The van der Waals surface area contributed by atoms with E-state index in [4.69, 9.17) is 5.73 Å². The maximum atomic E-state index is 12.0. The molecule has 2 rings (SSSR count). The predicted molar refractivity (Wildman–Crippen MR) is 76.7 cm³/mol. The van der Waals surface area contributed by atoms with Crippen molar-refractivity contribution in [2.24, 2.45) is 5.73 Å². The molecule has 2 atom stereocenters. The van der Waals surface area contributed by atoms with Crippen LogP contribution >= 0.6 is 0 Å². The molecular weight excluding hydrogens is 238 g/mol. The second-order valence-electron chi connectivity index (χ2n) is 4.97.